The van der Waals surface area contributed by atoms with E-state index in [1.54, 1.807) is 13.2 Å². The zero-order valence-electron chi connectivity index (χ0n) is 10.2. The van der Waals surface area contributed by atoms with Gasteiger partial charge in [-0.2, -0.15) is 0 Å². The van der Waals surface area contributed by atoms with Gasteiger partial charge in [0.2, 0.25) is 10.0 Å². The lowest BCUT2D eigenvalue weighted by molar-refractivity contribution is 0.189. The molecular weight excluding hydrogens is 297 g/mol. The van der Waals surface area contributed by atoms with Crippen molar-refractivity contribution >= 4 is 33.2 Å². The predicted molar refractivity (Wildman–Crippen MR) is 72.8 cm³/mol. The van der Waals surface area contributed by atoms with Crippen LogP contribution in [0, 0.1) is 0 Å². The number of halogens is 2. The highest BCUT2D eigenvalue weighted by molar-refractivity contribution is 7.89. The Morgan fingerprint density at radius 2 is 1.83 bits per heavy atom. The zero-order chi connectivity index (χ0) is 13.8. The van der Waals surface area contributed by atoms with Crippen LogP contribution in [0.4, 0.5) is 0 Å². The molecule has 0 unspecified atom stereocenters. The van der Waals surface area contributed by atoms with Gasteiger partial charge in [0.25, 0.3) is 0 Å². The van der Waals surface area contributed by atoms with E-state index in [1.807, 2.05) is 0 Å². The Hall–Kier alpha value is -0.330. The summed E-state index contributed by atoms with van der Waals surface area (Å²) in [6.07, 6.45) is 0.605. The van der Waals surface area contributed by atoms with E-state index in [4.69, 9.17) is 27.9 Å². The second-order valence-electron chi connectivity index (χ2n) is 3.72. The average molecular weight is 312 g/mol. The van der Waals surface area contributed by atoms with Gasteiger partial charge in [-0.25, -0.2) is 12.7 Å². The Morgan fingerprint density at radius 1 is 1.28 bits per heavy atom. The van der Waals surface area contributed by atoms with Crippen LogP contribution in [-0.2, 0) is 14.8 Å². The highest BCUT2D eigenvalue weighted by Crippen LogP contribution is 2.30. The van der Waals surface area contributed by atoms with Crippen LogP contribution in [0.25, 0.3) is 0 Å². The SMILES string of the molecule is COCCCN(C)S(=O)(=O)c1c(Cl)cccc1Cl. The van der Waals surface area contributed by atoms with E-state index in [0.29, 0.717) is 19.6 Å². The minimum Gasteiger partial charge on any atom is -0.385 e. The second kappa shape index (κ2) is 6.73. The monoisotopic (exact) mass is 311 g/mol. The molecule has 0 heterocycles. The van der Waals surface area contributed by atoms with E-state index in [-0.39, 0.29) is 14.9 Å². The molecule has 1 aromatic rings. The van der Waals surface area contributed by atoms with Crippen molar-refractivity contribution in [2.75, 3.05) is 27.3 Å². The van der Waals surface area contributed by atoms with Gasteiger partial charge in [-0.3, -0.25) is 0 Å². The van der Waals surface area contributed by atoms with Crippen LogP contribution in [0.15, 0.2) is 23.1 Å². The first kappa shape index (κ1) is 15.7. The van der Waals surface area contributed by atoms with Crippen molar-refractivity contribution in [1.29, 1.82) is 0 Å². The van der Waals surface area contributed by atoms with Crippen LogP contribution in [-0.4, -0.2) is 40.0 Å². The summed E-state index contributed by atoms with van der Waals surface area (Å²) in [6.45, 7) is 0.841. The first-order valence-electron chi connectivity index (χ1n) is 5.30. The fourth-order valence-corrected chi connectivity index (χ4v) is 3.73. The minimum absolute atomic E-state index is 0.0479. The topological polar surface area (TPSA) is 46.6 Å². The van der Waals surface area contributed by atoms with Crippen molar-refractivity contribution in [2.24, 2.45) is 0 Å². The maximum Gasteiger partial charge on any atom is 0.245 e. The quantitative estimate of drug-likeness (QED) is 0.759. The van der Waals surface area contributed by atoms with E-state index < -0.39 is 10.0 Å². The number of rotatable bonds is 6. The average Bonchev–Trinajstić information content (AvgIpc) is 2.28. The molecule has 1 rings (SSSR count). The summed E-state index contributed by atoms with van der Waals surface area (Å²) in [7, 11) is -0.607. The first-order chi connectivity index (χ1) is 8.41. The Labute approximate surface area is 117 Å². The molecule has 4 nitrogen and oxygen atoms in total. The van der Waals surface area contributed by atoms with Crippen molar-refractivity contribution in [1.82, 2.24) is 4.31 Å². The third kappa shape index (κ3) is 3.59. The highest BCUT2D eigenvalue weighted by atomic mass is 35.5. The summed E-state index contributed by atoms with van der Waals surface area (Å²) in [5.41, 5.74) is 0. The van der Waals surface area contributed by atoms with Gasteiger partial charge in [0.1, 0.15) is 4.90 Å². The van der Waals surface area contributed by atoms with Gasteiger partial charge in [-0.1, -0.05) is 29.3 Å². The fourth-order valence-electron chi connectivity index (χ4n) is 1.44. The molecule has 102 valence electrons. The Kier molecular flexibility index (Phi) is 5.88. The van der Waals surface area contributed by atoms with Crippen molar-refractivity contribution in [2.45, 2.75) is 11.3 Å². The molecular formula is C11H15Cl2NO3S. The van der Waals surface area contributed by atoms with Crippen molar-refractivity contribution < 1.29 is 13.2 Å². The minimum atomic E-state index is -3.67. The third-order valence-corrected chi connectivity index (χ3v) is 5.22. The molecule has 0 atom stereocenters. The van der Waals surface area contributed by atoms with E-state index in [1.165, 1.54) is 23.5 Å². The zero-order valence-corrected chi connectivity index (χ0v) is 12.5. The van der Waals surface area contributed by atoms with Gasteiger partial charge in [-0.15, -0.1) is 0 Å². The lowest BCUT2D eigenvalue weighted by Crippen LogP contribution is -2.29. The van der Waals surface area contributed by atoms with Crippen LogP contribution in [0.1, 0.15) is 6.42 Å². The molecule has 0 aliphatic rings. The largest absolute Gasteiger partial charge is 0.385 e. The molecule has 0 saturated carbocycles. The van der Waals surface area contributed by atoms with Crippen LogP contribution in [0.2, 0.25) is 10.0 Å². The van der Waals surface area contributed by atoms with Gasteiger partial charge in [0.05, 0.1) is 10.0 Å². The van der Waals surface area contributed by atoms with E-state index in [0.717, 1.165) is 0 Å². The van der Waals surface area contributed by atoms with Gasteiger partial charge < -0.3 is 4.74 Å². The Balaban J connectivity index is 2.99. The maximum atomic E-state index is 12.3. The maximum absolute atomic E-state index is 12.3. The number of benzene rings is 1. The summed E-state index contributed by atoms with van der Waals surface area (Å²) in [4.78, 5) is -0.0479. The lowest BCUT2D eigenvalue weighted by Gasteiger charge is -2.18. The van der Waals surface area contributed by atoms with Crippen LogP contribution < -0.4 is 0 Å². The Morgan fingerprint density at radius 3 is 2.33 bits per heavy atom. The van der Waals surface area contributed by atoms with E-state index >= 15 is 0 Å². The molecule has 7 heteroatoms. The van der Waals surface area contributed by atoms with Gasteiger partial charge in [-0.05, 0) is 18.6 Å². The molecule has 18 heavy (non-hydrogen) atoms. The highest BCUT2D eigenvalue weighted by Gasteiger charge is 2.25. The van der Waals surface area contributed by atoms with Gasteiger partial charge >= 0.3 is 0 Å². The van der Waals surface area contributed by atoms with Crippen LogP contribution in [0.5, 0.6) is 0 Å². The van der Waals surface area contributed by atoms with Crippen LogP contribution in [0.3, 0.4) is 0 Å². The summed E-state index contributed by atoms with van der Waals surface area (Å²) in [6, 6.07) is 4.61. The molecule has 0 aliphatic carbocycles. The smallest absolute Gasteiger partial charge is 0.245 e. The summed E-state index contributed by atoms with van der Waals surface area (Å²) in [5, 5.41) is 0.252. The number of hydrogen-bond acceptors (Lipinski definition) is 3. The first-order valence-corrected chi connectivity index (χ1v) is 7.50. The molecule has 0 spiro atoms. The molecule has 0 saturated heterocycles. The molecule has 0 radical (unpaired) electrons. The standard InChI is InChI=1S/C11H15Cl2NO3S/c1-14(7-4-8-17-2)18(15,16)11-9(12)5-3-6-10(11)13/h3,5-6H,4,7-8H2,1-2H3. The number of methoxy groups -OCH3 is 1. The molecule has 0 aromatic heterocycles. The second-order valence-corrected chi connectivity index (χ2v) is 6.52. The number of nitrogens with zero attached hydrogens (tertiary/aromatic N) is 1. The number of ether oxygens (including phenoxy) is 1. The summed E-state index contributed by atoms with van der Waals surface area (Å²) in [5.74, 6) is 0. The van der Waals surface area contributed by atoms with E-state index in [2.05, 4.69) is 0 Å². The van der Waals surface area contributed by atoms with Gasteiger partial charge in [0.15, 0.2) is 0 Å². The lowest BCUT2D eigenvalue weighted by atomic mass is 10.4. The molecule has 1 aromatic carbocycles. The number of hydrogen-bond donors (Lipinski definition) is 0. The Bertz CT molecular complexity index is 485. The molecule has 0 N–H and O–H groups in total. The van der Waals surface area contributed by atoms with Crippen LogP contribution >= 0.6 is 23.2 Å². The van der Waals surface area contributed by atoms with Crippen molar-refractivity contribution in [3.8, 4) is 0 Å². The molecule has 0 aliphatic heterocycles. The number of sulfonamides is 1. The molecule has 0 bridgehead atoms. The van der Waals surface area contributed by atoms with Gasteiger partial charge in [0, 0.05) is 27.3 Å². The molecule has 0 amide bonds. The third-order valence-electron chi connectivity index (χ3n) is 2.41. The van der Waals surface area contributed by atoms with E-state index in [9.17, 15) is 8.42 Å². The summed E-state index contributed by atoms with van der Waals surface area (Å²) < 4.78 is 30.7. The van der Waals surface area contributed by atoms with Crippen molar-refractivity contribution in [3.63, 3.8) is 0 Å². The van der Waals surface area contributed by atoms with Crippen molar-refractivity contribution in [3.05, 3.63) is 28.2 Å². The summed E-state index contributed by atoms with van der Waals surface area (Å²) >= 11 is 11.8. The fraction of sp³-hybridized carbons (Fsp3) is 0.455. The normalized spacial score (nSPS) is 12.1. The molecule has 0 fully saturated rings. The predicted octanol–water partition coefficient (Wildman–Crippen LogP) is 2.65.